The largest absolute Gasteiger partial charge is 0.272 e. The zero-order valence-corrected chi connectivity index (χ0v) is 9.11. The first-order valence-corrected chi connectivity index (χ1v) is 5.73. The third kappa shape index (κ3) is 2.11. The van der Waals surface area contributed by atoms with E-state index in [4.69, 9.17) is 0 Å². The maximum absolute atomic E-state index is 11.5. The highest BCUT2D eigenvalue weighted by Gasteiger charge is 2.31. The van der Waals surface area contributed by atoms with Crippen LogP contribution >= 0.6 is 0 Å². The van der Waals surface area contributed by atoms with Crippen molar-refractivity contribution in [2.45, 2.75) is 45.1 Å². The van der Waals surface area contributed by atoms with Gasteiger partial charge in [0.1, 0.15) is 0 Å². The van der Waals surface area contributed by atoms with Crippen molar-refractivity contribution in [1.82, 2.24) is 4.90 Å². The lowest BCUT2D eigenvalue weighted by atomic mass is 10.0. The summed E-state index contributed by atoms with van der Waals surface area (Å²) in [5.74, 6) is 0.481. The van der Waals surface area contributed by atoms with Crippen molar-refractivity contribution in [2.24, 2.45) is 5.92 Å². The van der Waals surface area contributed by atoms with Crippen LogP contribution in [0.15, 0.2) is 12.2 Å². The molecule has 0 saturated heterocycles. The van der Waals surface area contributed by atoms with Crippen LogP contribution in [0.3, 0.4) is 0 Å². The van der Waals surface area contributed by atoms with Crippen LogP contribution in [0.1, 0.15) is 39.0 Å². The lowest BCUT2D eigenvalue weighted by molar-refractivity contribution is -0.139. The average Bonchev–Trinajstić information content (AvgIpc) is 2.41. The molecule has 0 aromatic rings. The highest BCUT2D eigenvalue weighted by Crippen LogP contribution is 2.27. The minimum atomic E-state index is -0.125. The van der Waals surface area contributed by atoms with Gasteiger partial charge in [-0.05, 0) is 25.2 Å². The van der Waals surface area contributed by atoms with Crippen molar-refractivity contribution in [3.63, 3.8) is 0 Å². The van der Waals surface area contributed by atoms with E-state index in [2.05, 4.69) is 6.92 Å². The maximum atomic E-state index is 11.5. The van der Waals surface area contributed by atoms with Crippen molar-refractivity contribution < 1.29 is 9.59 Å². The quantitative estimate of drug-likeness (QED) is 0.486. The third-order valence-corrected chi connectivity index (χ3v) is 3.44. The molecule has 3 nitrogen and oxygen atoms in total. The summed E-state index contributed by atoms with van der Waals surface area (Å²) in [6.45, 7) is 2.24. The molecule has 1 fully saturated rings. The van der Waals surface area contributed by atoms with Crippen molar-refractivity contribution in [1.29, 1.82) is 0 Å². The lowest BCUT2D eigenvalue weighted by Gasteiger charge is -2.24. The molecule has 82 valence electrons. The normalized spacial score (nSPS) is 32.2. The van der Waals surface area contributed by atoms with Gasteiger partial charge in [-0.1, -0.05) is 19.8 Å². The Morgan fingerprint density at radius 2 is 1.73 bits per heavy atom. The van der Waals surface area contributed by atoms with E-state index >= 15 is 0 Å². The maximum Gasteiger partial charge on any atom is 0.253 e. The number of imide groups is 1. The van der Waals surface area contributed by atoms with E-state index in [1.807, 2.05) is 0 Å². The Kier molecular flexibility index (Phi) is 2.89. The monoisotopic (exact) mass is 207 g/mol. The van der Waals surface area contributed by atoms with E-state index in [9.17, 15) is 9.59 Å². The van der Waals surface area contributed by atoms with E-state index in [-0.39, 0.29) is 17.9 Å². The summed E-state index contributed by atoms with van der Waals surface area (Å²) in [6.07, 6.45) is 8.20. The van der Waals surface area contributed by atoms with Gasteiger partial charge in [-0.2, -0.15) is 0 Å². The van der Waals surface area contributed by atoms with Crippen LogP contribution < -0.4 is 0 Å². The Labute approximate surface area is 90.1 Å². The van der Waals surface area contributed by atoms with Gasteiger partial charge < -0.3 is 0 Å². The number of amides is 2. The predicted molar refractivity (Wildman–Crippen MR) is 57.0 cm³/mol. The summed E-state index contributed by atoms with van der Waals surface area (Å²) in [7, 11) is 0. The number of rotatable bonds is 1. The standard InChI is InChI=1S/C12H17NO2/c1-9-3-2-4-10(6-5-9)13-11(14)7-8-12(13)15/h7-10H,2-6H2,1H3. The van der Waals surface area contributed by atoms with E-state index in [1.54, 1.807) is 0 Å². The SMILES string of the molecule is CC1CCCC(N2C(=O)C=CC2=O)CC1. The molecule has 1 aliphatic heterocycles. The van der Waals surface area contributed by atoms with Crippen molar-refractivity contribution in [3.8, 4) is 0 Å². The van der Waals surface area contributed by atoms with Crippen LogP contribution in [0, 0.1) is 5.92 Å². The van der Waals surface area contributed by atoms with E-state index < -0.39 is 0 Å². The van der Waals surface area contributed by atoms with Crippen LogP contribution in [-0.2, 0) is 9.59 Å². The van der Waals surface area contributed by atoms with Crippen LogP contribution in [0.25, 0.3) is 0 Å². The molecule has 15 heavy (non-hydrogen) atoms. The van der Waals surface area contributed by atoms with Crippen molar-refractivity contribution in [3.05, 3.63) is 12.2 Å². The Balaban J connectivity index is 2.04. The summed E-state index contributed by atoms with van der Waals surface area (Å²) in [5.41, 5.74) is 0. The first-order chi connectivity index (χ1) is 7.18. The smallest absolute Gasteiger partial charge is 0.253 e. The number of carbonyl (C=O) groups excluding carboxylic acids is 2. The fourth-order valence-electron chi connectivity index (χ4n) is 2.50. The van der Waals surface area contributed by atoms with Crippen LogP contribution in [-0.4, -0.2) is 22.8 Å². The molecular formula is C12H17NO2. The summed E-state index contributed by atoms with van der Waals surface area (Å²) in [6, 6.07) is 0.143. The second kappa shape index (κ2) is 4.17. The molecule has 1 heterocycles. The van der Waals surface area contributed by atoms with Gasteiger partial charge in [0.2, 0.25) is 0 Å². The zero-order valence-electron chi connectivity index (χ0n) is 9.11. The molecule has 2 atom stereocenters. The molecule has 0 aromatic heterocycles. The minimum absolute atomic E-state index is 0.125. The van der Waals surface area contributed by atoms with Gasteiger partial charge in [0, 0.05) is 18.2 Å². The van der Waals surface area contributed by atoms with Gasteiger partial charge >= 0.3 is 0 Å². The van der Waals surface area contributed by atoms with E-state index in [1.165, 1.54) is 23.5 Å². The number of nitrogens with zero attached hydrogens (tertiary/aromatic N) is 1. The third-order valence-electron chi connectivity index (χ3n) is 3.44. The number of hydrogen-bond donors (Lipinski definition) is 0. The molecule has 0 N–H and O–H groups in total. The molecule has 3 heteroatoms. The number of hydrogen-bond acceptors (Lipinski definition) is 2. The summed E-state index contributed by atoms with van der Waals surface area (Å²) in [5, 5.41) is 0. The van der Waals surface area contributed by atoms with Gasteiger partial charge in [0.15, 0.2) is 0 Å². The predicted octanol–water partition coefficient (Wildman–Crippen LogP) is 1.88. The fourth-order valence-corrected chi connectivity index (χ4v) is 2.50. The summed E-state index contributed by atoms with van der Waals surface area (Å²) < 4.78 is 0. The van der Waals surface area contributed by atoms with Crippen LogP contribution in [0.4, 0.5) is 0 Å². The Morgan fingerprint density at radius 1 is 1.07 bits per heavy atom. The molecule has 2 aliphatic rings. The molecule has 1 saturated carbocycles. The van der Waals surface area contributed by atoms with Crippen LogP contribution in [0.5, 0.6) is 0 Å². The Morgan fingerprint density at radius 3 is 2.40 bits per heavy atom. The average molecular weight is 207 g/mol. The molecule has 1 aliphatic carbocycles. The Bertz CT molecular complexity index is 291. The van der Waals surface area contributed by atoms with Gasteiger partial charge in [0.25, 0.3) is 11.8 Å². The topological polar surface area (TPSA) is 37.4 Å². The van der Waals surface area contributed by atoms with Crippen LogP contribution in [0.2, 0.25) is 0 Å². The first-order valence-electron chi connectivity index (χ1n) is 5.73. The number of carbonyl (C=O) groups is 2. The molecule has 2 unspecified atom stereocenters. The van der Waals surface area contributed by atoms with Gasteiger partial charge in [-0.25, -0.2) is 0 Å². The van der Waals surface area contributed by atoms with Crippen molar-refractivity contribution in [2.75, 3.05) is 0 Å². The van der Waals surface area contributed by atoms with E-state index in [0.29, 0.717) is 0 Å². The zero-order chi connectivity index (χ0) is 10.8. The van der Waals surface area contributed by atoms with Gasteiger partial charge in [-0.15, -0.1) is 0 Å². The second-order valence-electron chi connectivity index (χ2n) is 4.65. The fraction of sp³-hybridized carbons (Fsp3) is 0.667. The highest BCUT2D eigenvalue weighted by molar-refractivity contribution is 6.13. The molecular weight excluding hydrogens is 190 g/mol. The minimum Gasteiger partial charge on any atom is -0.272 e. The molecule has 0 aromatic carbocycles. The lowest BCUT2D eigenvalue weighted by Crippen LogP contribution is -2.39. The van der Waals surface area contributed by atoms with Crippen molar-refractivity contribution >= 4 is 11.8 Å². The Hall–Kier alpha value is -1.12. The first kappa shape index (κ1) is 10.4. The second-order valence-corrected chi connectivity index (χ2v) is 4.65. The summed E-state index contributed by atoms with van der Waals surface area (Å²) in [4.78, 5) is 24.4. The summed E-state index contributed by atoms with van der Waals surface area (Å²) >= 11 is 0. The molecule has 0 radical (unpaired) electrons. The van der Waals surface area contributed by atoms with Gasteiger partial charge in [-0.3, -0.25) is 14.5 Å². The molecule has 2 rings (SSSR count). The highest BCUT2D eigenvalue weighted by atomic mass is 16.2. The molecule has 2 amide bonds. The molecule has 0 bridgehead atoms. The van der Waals surface area contributed by atoms with E-state index in [0.717, 1.165) is 31.6 Å². The van der Waals surface area contributed by atoms with Gasteiger partial charge in [0.05, 0.1) is 0 Å². The molecule has 0 spiro atoms.